The lowest BCUT2D eigenvalue weighted by Gasteiger charge is -2.27. The average molecular weight is 570 g/mol. The van der Waals surface area contributed by atoms with Crippen molar-refractivity contribution < 1.29 is 23.8 Å². The fourth-order valence-corrected chi connectivity index (χ4v) is 5.42. The van der Waals surface area contributed by atoms with E-state index in [4.69, 9.17) is 11.2 Å². The summed E-state index contributed by atoms with van der Waals surface area (Å²) in [5.41, 5.74) is 3.59. The summed E-state index contributed by atoms with van der Waals surface area (Å²) >= 11 is 0. The van der Waals surface area contributed by atoms with Crippen LogP contribution in [0.15, 0.2) is 60.7 Å². The lowest BCUT2D eigenvalue weighted by Crippen LogP contribution is -2.50. The van der Waals surface area contributed by atoms with Crippen LogP contribution in [0, 0.1) is 25.1 Å². The lowest BCUT2D eigenvalue weighted by molar-refractivity contribution is 0.0822. The van der Waals surface area contributed by atoms with E-state index >= 15 is 0 Å². The highest BCUT2D eigenvalue weighted by Gasteiger charge is 2.44. The molecule has 0 radical (unpaired) electrons. The quantitative estimate of drug-likeness (QED) is 0.348. The van der Waals surface area contributed by atoms with E-state index in [1.807, 2.05) is 31.2 Å². The summed E-state index contributed by atoms with van der Waals surface area (Å²) in [5.74, 6) is 1.89. The zero-order valence-electron chi connectivity index (χ0n) is 23.7. The zero-order chi connectivity index (χ0) is 29.7. The molecule has 0 aromatic heterocycles. The third-order valence-electron chi connectivity index (χ3n) is 7.88. The van der Waals surface area contributed by atoms with Crippen LogP contribution in [0.3, 0.4) is 0 Å². The number of fused-ring (bicyclic) bond motifs is 4. The monoisotopic (exact) mass is 569 g/mol. The number of benzene rings is 3. The summed E-state index contributed by atoms with van der Waals surface area (Å²) in [4.78, 5) is 26.3. The van der Waals surface area contributed by atoms with Crippen LogP contribution in [-0.4, -0.2) is 48.8 Å². The molecule has 0 unspecified atom stereocenters. The molecule has 1 aliphatic heterocycles. The van der Waals surface area contributed by atoms with Gasteiger partial charge >= 0.3 is 0 Å². The highest BCUT2D eigenvalue weighted by molar-refractivity contribution is 6.00. The van der Waals surface area contributed by atoms with E-state index in [0.717, 1.165) is 29.5 Å². The Bertz CT molecular complexity index is 1510. The van der Waals surface area contributed by atoms with Gasteiger partial charge in [-0.3, -0.25) is 9.59 Å². The maximum Gasteiger partial charge on any atom is 0.251 e. The Labute approximate surface area is 245 Å². The number of ether oxygens (including phenoxy) is 1. The summed E-state index contributed by atoms with van der Waals surface area (Å²) in [7, 11) is 0. The van der Waals surface area contributed by atoms with Gasteiger partial charge in [-0.25, -0.2) is 4.39 Å². The van der Waals surface area contributed by atoms with Crippen molar-refractivity contribution in [3.63, 3.8) is 0 Å². The maximum atomic E-state index is 14.6. The molecule has 3 aromatic rings. The second-order valence-electron chi connectivity index (χ2n) is 11.2. The zero-order valence-corrected chi connectivity index (χ0v) is 23.7. The Morgan fingerprint density at radius 3 is 2.64 bits per heavy atom. The molecular formula is C34H36FN3O4. The van der Waals surface area contributed by atoms with Gasteiger partial charge in [-0.1, -0.05) is 18.1 Å². The molecule has 2 amide bonds. The molecule has 8 heteroatoms. The first-order chi connectivity index (χ1) is 20.2. The number of aryl methyl sites for hydroxylation is 1. The van der Waals surface area contributed by atoms with E-state index in [9.17, 15) is 19.1 Å². The molecule has 4 bridgehead atoms. The number of aliphatic hydroxyl groups excluding tert-OH is 1. The predicted octanol–water partition coefficient (Wildman–Crippen LogP) is 4.00. The summed E-state index contributed by atoms with van der Waals surface area (Å²) in [6.45, 7) is 2.82. The van der Waals surface area contributed by atoms with Crippen LogP contribution in [0.25, 0.3) is 0 Å². The molecule has 42 heavy (non-hydrogen) atoms. The first-order valence-corrected chi connectivity index (χ1v) is 14.4. The predicted molar refractivity (Wildman–Crippen MR) is 159 cm³/mol. The molecule has 7 nitrogen and oxygen atoms in total. The molecule has 1 saturated carbocycles. The van der Waals surface area contributed by atoms with Gasteiger partial charge in [0.05, 0.1) is 18.8 Å². The van der Waals surface area contributed by atoms with Gasteiger partial charge in [0.25, 0.3) is 11.8 Å². The van der Waals surface area contributed by atoms with Crippen LogP contribution in [0.1, 0.15) is 68.7 Å². The number of terminal acetylenes is 1. The van der Waals surface area contributed by atoms with Gasteiger partial charge in [-0.05, 0) is 98.2 Å². The fourth-order valence-electron chi connectivity index (χ4n) is 5.42. The van der Waals surface area contributed by atoms with Gasteiger partial charge in [0, 0.05) is 41.4 Å². The Morgan fingerprint density at radius 2 is 1.88 bits per heavy atom. The lowest BCUT2D eigenvalue weighted by atomic mass is 9.98. The number of carbonyl (C=O) groups excluding carboxylic acids is 2. The first-order valence-electron chi connectivity index (χ1n) is 14.4. The van der Waals surface area contributed by atoms with E-state index < -0.39 is 23.9 Å². The van der Waals surface area contributed by atoms with Crippen molar-refractivity contribution in [2.75, 3.05) is 19.7 Å². The van der Waals surface area contributed by atoms with Crippen LogP contribution < -0.4 is 20.7 Å². The molecule has 1 heterocycles. The van der Waals surface area contributed by atoms with Gasteiger partial charge in [-0.2, -0.15) is 0 Å². The van der Waals surface area contributed by atoms with Crippen LogP contribution in [0.4, 0.5) is 4.39 Å². The number of hydrogen-bond acceptors (Lipinski definition) is 5. The van der Waals surface area contributed by atoms with Crippen molar-refractivity contribution in [2.45, 2.75) is 56.7 Å². The summed E-state index contributed by atoms with van der Waals surface area (Å²) in [5, 5.41) is 20.8. The van der Waals surface area contributed by atoms with Gasteiger partial charge in [-0.15, -0.1) is 6.42 Å². The van der Waals surface area contributed by atoms with Crippen molar-refractivity contribution >= 4 is 11.8 Å². The van der Waals surface area contributed by atoms with Crippen LogP contribution in [0.5, 0.6) is 5.75 Å². The standard InChI is InChI=1S/C34H36FN3O4/c1-3-23-7-6-8-27(15-23)34(9-10-34)37-21-31(39)30-18-24-16-28(35)20-29(17-24)42-12-5-4-11-36-32(40)25-13-22(2)14-26(19-25)33(41)38-30/h1,6-8,13-17,19-20,30-31,37,39H,4-5,9-12,18,21H2,2H3,(H,36,40)(H,38,41)/t30-,31+/m0/s1. The first kappa shape index (κ1) is 29.3. The number of carbonyl (C=O) groups is 2. The highest BCUT2D eigenvalue weighted by Crippen LogP contribution is 2.45. The van der Waals surface area contributed by atoms with Crippen molar-refractivity contribution in [1.82, 2.24) is 16.0 Å². The van der Waals surface area contributed by atoms with Crippen LogP contribution in [0.2, 0.25) is 0 Å². The maximum absolute atomic E-state index is 14.6. The molecule has 1 fully saturated rings. The molecule has 2 atom stereocenters. The van der Waals surface area contributed by atoms with Crippen molar-refractivity contribution in [3.8, 4) is 18.1 Å². The van der Waals surface area contributed by atoms with E-state index in [-0.39, 0.29) is 24.4 Å². The fraction of sp³-hybridized carbons (Fsp3) is 0.353. The third kappa shape index (κ3) is 7.17. The minimum atomic E-state index is -1.01. The molecule has 218 valence electrons. The average Bonchev–Trinajstić information content (AvgIpc) is 3.77. The van der Waals surface area contributed by atoms with Crippen molar-refractivity contribution in [2.24, 2.45) is 0 Å². The molecule has 0 spiro atoms. The third-order valence-corrected chi connectivity index (χ3v) is 7.88. The molecule has 1 aliphatic carbocycles. The molecule has 0 saturated heterocycles. The normalized spacial score (nSPS) is 19.3. The Balaban J connectivity index is 1.41. The van der Waals surface area contributed by atoms with Gasteiger partial charge < -0.3 is 25.8 Å². The van der Waals surface area contributed by atoms with Crippen molar-refractivity contribution in [1.29, 1.82) is 0 Å². The number of aliphatic hydroxyl groups is 1. The number of hydrogen-bond donors (Lipinski definition) is 4. The number of rotatable bonds is 5. The van der Waals surface area contributed by atoms with E-state index in [1.54, 1.807) is 24.3 Å². The molecule has 2 aliphatic rings. The topological polar surface area (TPSA) is 99.7 Å². The number of amides is 2. The second kappa shape index (κ2) is 12.8. The van der Waals surface area contributed by atoms with E-state index in [0.29, 0.717) is 48.4 Å². The number of halogens is 1. The number of nitrogens with one attached hydrogen (secondary N) is 3. The summed E-state index contributed by atoms with van der Waals surface area (Å²) in [6, 6.07) is 16.5. The largest absolute Gasteiger partial charge is 0.493 e. The molecule has 4 N–H and O–H groups in total. The molecular weight excluding hydrogens is 533 g/mol. The Kier molecular flexibility index (Phi) is 8.91. The van der Waals surface area contributed by atoms with Gasteiger partial charge in [0.15, 0.2) is 0 Å². The van der Waals surface area contributed by atoms with Crippen LogP contribution in [-0.2, 0) is 12.0 Å². The highest BCUT2D eigenvalue weighted by atomic mass is 19.1. The minimum Gasteiger partial charge on any atom is -0.493 e. The summed E-state index contributed by atoms with van der Waals surface area (Å²) < 4.78 is 20.4. The molecule has 3 aromatic carbocycles. The SMILES string of the molecule is C#Cc1cccc(C2(NC[C@@H](O)[C@@H]3Cc4cc(F)cc(c4)OCCCCNC(=O)c4cc(C)cc(c4)C(=O)N3)CC2)c1. The van der Waals surface area contributed by atoms with Crippen LogP contribution >= 0.6 is 0 Å². The van der Waals surface area contributed by atoms with E-state index in [1.165, 1.54) is 12.1 Å². The Hall–Kier alpha value is -4.19. The second-order valence-corrected chi connectivity index (χ2v) is 11.2. The smallest absolute Gasteiger partial charge is 0.251 e. The Morgan fingerprint density at radius 1 is 1.10 bits per heavy atom. The van der Waals surface area contributed by atoms with Gasteiger partial charge in [0.2, 0.25) is 0 Å². The van der Waals surface area contributed by atoms with E-state index in [2.05, 4.69) is 21.9 Å². The van der Waals surface area contributed by atoms with Gasteiger partial charge in [0.1, 0.15) is 11.6 Å². The molecule has 5 rings (SSSR count). The van der Waals surface area contributed by atoms with Crippen molar-refractivity contribution in [3.05, 3.63) is 99.9 Å². The summed E-state index contributed by atoms with van der Waals surface area (Å²) in [6.07, 6.45) is 7.90. The minimum absolute atomic E-state index is 0.168.